The lowest BCUT2D eigenvalue weighted by atomic mass is 10.2. The smallest absolute Gasteiger partial charge is 0.255 e. The summed E-state index contributed by atoms with van der Waals surface area (Å²) in [6.45, 7) is 5.89. The van der Waals surface area contributed by atoms with Crippen LogP contribution in [0.5, 0.6) is 0 Å². The van der Waals surface area contributed by atoms with E-state index in [2.05, 4.69) is 46.3 Å². The maximum Gasteiger partial charge on any atom is 0.255 e. The van der Waals surface area contributed by atoms with Gasteiger partial charge in [-0.25, -0.2) is 0 Å². The summed E-state index contributed by atoms with van der Waals surface area (Å²) in [5.74, 6) is -0.145. The van der Waals surface area contributed by atoms with Crippen LogP contribution in [0.3, 0.4) is 0 Å². The molecule has 1 aromatic heterocycles. The van der Waals surface area contributed by atoms with E-state index in [1.54, 1.807) is 10.7 Å². The number of nitrogens with one attached hydrogen (secondary N) is 2. The van der Waals surface area contributed by atoms with Gasteiger partial charge in [0.05, 0.1) is 17.1 Å². The molecule has 0 saturated carbocycles. The largest absolute Gasteiger partial charge is 0.326 e. The van der Waals surface area contributed by atoms with Gasteiger partial charge >= 0.3 is 0 Å². The summed E-state index contributed by atoms with van der Waals surface area (Å²) in [5, 5.41) is 7.30. The van der Waals surface area contributed by atoms with Gasteiger partial charge in [0.15, 0.2) is 0 Å². The van der Waals surface area contributed by atoms with Crippen molar-refractivity contribution in [2.24, 2.45) is 7.05 Å². The fourth-order valence-corrected chi connectivity index (χ4v) is 3.22. The number of carbonyl (C=O) groups excluding carboxylic acids is 1. The van der Waals surface area contributed by atoms with Crippen LogP contribution in [0.15, 0.2) is 53.4 Å². The summed E-state index contributed by atoms with van der Waals surface area (Å²) >= 11 is 1.52. The third kappa shape index (κ3) is 4.08. The Bertz CT molecular complexity index is 931. The van der Waals surface area contributed by atoms with Gasteiger partial charge in [-0.2, -0.15) is 5.10 Å². The first kappa shape index (κ1) is 18.1. The highest BCUT2D eigenvalue weighted by atomic mass is 32.2. The SMILES string of the molecule is Cc1ccc(SNc2cccc(C(=O)Nc3c(C)nn(C)c3C)c2)cc1. The molecule has 0 aliphatic heterocycles. The zero-order chi connectivity index (χ0) is 18.7. The maximum absolute atomic E-state index is 12.6. The van der Waals surface area contributed by atoms with Crippen LogP contribution in [0, 0.1) is 20.8 Å². The molecule has 6 heteroatoms. The lowest BCUT2D eigenvalue weighted by Gasteiger charge is -2.09. The summed E-state index contributed by atoms with van der Waals surface area (Å²) in [7, 11) is 1.87. The molecule has 0 saturated heterocycles. The van der Waals surface area contributed by atoms with Gasteiger partial charge in [0.1, 0.15) is 0 Å². The van der Waals surface area contributed by atoms with E-state index < -0.39 is 0 Å². The van der Waals surface area contributed by atoms with Gasteiger partial charge in [0.2, 0.25) is 0 Å². The summed E-state index contributed by atoms with van der Waals surface area (Å²) in [6.07, 6.45) is 0. The molecule has 0 bridgehead atoms. The van der Waals surface area contributed by atoms with Gasteiger partial charge in [0.25, 0.3) is 5.91 Å². The number of aromatic nitrogens is 2. The molecule has 2 N–H and O–H groups in total. The van der Waals surface area contributed by atoms with Crippen LogP contribution in [0.4, 0.5) is 11.4 Å². The van der Waals surface area contributed by atoms with E-state index in [0.29, 0.717) is 5.56 Å². The van der Waals surface area contributed by atoms with Crippen molar-refractivity contribution in [1.29, 1.82) is 0 Å². The van der Waals surface area contributed by atoms with Gasteiger partial charge in [-0.3, -0.25) is 9.48 Å². The molecule has 0 fully saturated rings. The molecule has 0 aliphatic rings. The van der Waals surface area contributed by atoms with Gasteiger partial charge in [-0.1, -0.05) is 23.8 Å². The molecule has 0 aliphatic carbocycles. The number of carbonyl (C=O) groups is 1. The molecule has 0 radical (unpaired) electrons. The van der Waals surface area contributed by atoms with Crippen LogP contribution in [-0.2, 0) is 7.05 Å². The molecule has 3 aromatic rings. The van der Waals surface area contributed by atoms with E-state index >= 15 is 0 Å². The minimum absolute atomic E-state index is 0.145. The van der Waals surface area contributed by atoms with Crippen LogP contribution >= 0.6 is 11.9 Å². The first-order valence-corrected chi connectivity index (χ1v) is 9.17. The Morgan fingerprint density at radius 1 is 1.08 bits per heavy atom. The molecule has 1 amide bonds. The van der Waals surface area contributed by atoms with Crippen molar-refractivity contribution < 1.29 is 4.79 Å². The van der Waals surface area contributed by atoms with Crippen LogP contribution in [-0.4, -0.2) is 15.7 Å². The molecule has 0 unspecified atom stereocenters. The molecule has 3 rings (SSSR count). The summed E-state index contributed by atoms with van der Waals surface area (Å²) in [6, 6.07) is 15.7. The first-order chi connectivity index (χ1) is 12.4. The Balaban J connectivity index is 1.70. The van der Waals surface area contributed by atoms with Crippen LogP contribution in [0.25, 0.3) is 0 Å². The zero-order valence-electron chi connectivity index (χ0n) is 15.3. The van der Waals surface area contributed by atoms with Crippen molar-refractivity contribution in [1.82, 2.24) is 9.78 Å². The quantitative estimate of drug-likeness (QED) is 0.642. The molecule has 26 heavy (non-hydrogen) atoms. The molecule has 5 nitrogen and oxygen atoms in total. The molecular weight excluding hydrogens is 344 g/mol. The summed E-state index contributed by atoms with van der Waals surface area (Å²) in [5.41, 5.74) is 5.21. The van der Waals surface area contributed by atoms with Crippen molar-refractivity contribution in [3.8, 4) is 0 Å². The second kappa shape index (κ2) is 7.66. The molecule has 134 valence electrons. The number of nitrogens with zero attached hydrogens (tertiary/aromatic N) is 2. The minimum atomic E-state index is -0.145. The molecule has 2 aromatic carbocycles. The highest BCUT2D eigenvalue weighted by molar-refractivity contribution is 8.00. The van der Waals surface area contributed by atoms with E-state index in [1.807, 2.05) is 39.1 Å². The average molecular weight is 366 g/mol. The monoisotopic (exact) mass is 366 g/mol. The fourth-order valence-electron chi connectivity index (χ4n) is 2.59. The Morgan fingerprint density at radius 2 is 1.81 bits per heavy atom. The van der Waals surface area contributed by atoms with Crippen molar-refractivity contribution in [2.75, 3.05) is 10.0 Å². The van der Waals surface area contributed by atoms with E-state index in [-0.39, 0.29) is 5.91 Å². The topological polar surface area (TPSA) is 59.0 Å². The maximum atomic E-state index is 12.6. The number of aryl methyl sites for hydroxylation is 3. The van der Waals surface area contributed by atoms with Crippen molar-refractivity contribution in [3.05, 3.63) is 71.0 Å². The first-order valence-electron chi connectivity index (χ1n) is 8.35. The normalized spacial score (nSPS) is 10.6. The summed E-state index contributed by atoms with van der Waals surface area (Å²) < 4.78 is 5.05. The van der Waals surface area contributed by atoms with Crippen LogP contribution in [0.1, 0.15) is 27.3 Å². The Hall–Kier alpha value is -2.73. The number of amides is 1. The predicted molar refractivity (Wildman–Crippen MR) is 108 cm³/mol. The number of benzene rings is 2. The second-order valence-electron chi connectivity index (χ2n) is 6.22. The minimum Gasteiger partial charge on any atom is -0.326 e. The summed E-state index contributed by atoms with van der Waals surface area (Å²) in [4.78, 5) is 13.7. The number of hydrogen-bond acceptors (Lipinski definition) is 4. The van der Waals surface area contributed by atoms with Crippen LogP contribution < -0.4 is 10.0 Å². The molecule has 0 atom stereocenters. The fraction of sp³-hybridized carbons (Fsp3) is 0.200. The number of rotatable bonds is 5. The lowest BCUT2D eigenvalue weighted by Crippen LogP contribution is -2.13. The zero-order valence-corrected chi connectivity index (χ0v) is 16.1. The average Bonchev–Trinajstić information content (AvgIpc) is 2.87. The molecule has 1 heterocycles. The lowest BCUT2D eigenvalue weighted by molar-refractivity contribution is 0.102. The van der Waals surface area contributed by atoms with Crippen LogP contribution in [0.2, 0.25) is 0 Å². The number of anilines is 2. The van der Waals surface area contributed by atoms with Gasteiger partial charge < -0.3 is 10.0 Å². The van der Waals surface area contributed by atoms with Gasteiger partial charge in [-0.15, -0.1) is 0 Å². The standard InChI is InChI=1S/C20H22N4OS/c1-13-8-10-18(11-9-13)26-23-17-7-5-6-16(12-17)20(25)21-19-14(2)22-24(4)15(19)3/h5-12,23H,1-4H3,(H,21,25). The molecule has 0 spiro atoms. The third-order valence-corrected chi connectivity index (χ3v) is 5.03. The molecular formula is C20H22N4OS. The Labute approximate surface area is 157 Å². The van der Waals surface area contributed by atoms with E-state index in [4.69, 9.17) is 0 Å². The third-order valence-electron chi connectivity index (χ3n) is 4.18. The van der Waals surface area contributed by atoms with Crippen molar-refractivity contribution in [2.45, 2.75) is 25.7 Å². The van der Waals surface area contributed by atoms with Gasteiger partial charge in [0, 0.05) is 23.2 Å². The Morgan fingerprint density at radius 3 is 2.46 bits per heavy atom. The van der Waals surface area contributed by atoms with Gasteiger partial charge in [-0.05, 0) is 63.1 Å². The van der Waals surface area contributed by atoms with Crippen molar-refractivity contribution >= 4 is 29.2 Å². The highest BCUT2D eigenvalue weighted by Crippen LogP contribution is 2.23. The van der Waals surface area contributed by atoms with E-state index in [9.17, 15) is 4.79 Å². The second-order valence-corrected chi connectivity index (χ2v) is 7.10. The van der Waals surface area contributed by atoms with E-state index in [0.717, 1.165) is 27.7 Å². The Kier molecular flexibility index (Phi) is 5.32. The number of hydrogen-bond donors (Lipinski definition) is 2. The van der Waals surface area contributed by atoms with Crippen molar-refractivity contribution in [3.63, 3.8) is 0 Å². The highest BCUT2D eigenvalue weighted by Gasteiger charge is 2.14. The predicted octanol–water partition coefficient (Wildman–Crippen LogP) is 4.72. The van der Waals surface area contributed by atoms with E-state index in [1.165, 1.54) is 17.5 Å².